The summed E-state index contributed by atoms with van der Waals surface area (Å²) in [7, 11) is 0. The van der Waals surface area contributed by atoms with Crippen LogP contribution in [0.1, 0.15) is 38.8 Å². The molecule has 0 saturated heterocycles. The summed E-state index contributed by atoms with van der Waals surface area (Å²) in [4.78, 5) is 34.5. The number of aromatic nitrogens is 5. The first-order valence-corrected chi connectivity index (χ1v) is 14.2. The number of non-ortho nitro benzene ring substituents is 1. The summed E-state index contributed by atoms with van der Waals surface area (Å²) in [6, 6.07) is 21.1. The Morgan fingerprint density at radius 1 is 1.02 bits per heavy atom. The Morgan fingerprint density at radius 2 is 1.77 bits per heavy atom. The highest BCUT2D eigenvalue weighted by molar-refractivity contribution is 7.72. The predicted octanol–water partition coefficient (Wildman–Crippen LogP) is 7.99. The van der Waals surface area contributed by atoms with Gasteiger partial charge in [0.1, 0.15) is 10.3 Å². The summed E-state index contributed by atoms with van der Waals surface area (Å²) in [6.07, 6.45) is 0. The van der Waals surface area contributed by atoms with Gasteiger partial charge in [0.15, 0.2) is 4.77 Å². The Bertz CT molecular complexity index is 2240. The quantitative estimate of drug-likeness (QED) is 0.102. The number of aryl methyl sites for hydroxylation is 1. The third-order valence-electron chi connectivity index (χ3n) is 7.45. The van der Waals surface area contributed by atoms with Crippen molar-refractivity contribution in [1.82, 2.24) is 24.7 Å². The molecule has 212 valence electrons. The van der Waals surface area contributed by atoms with Gasteiger partial charge in [-0.05, 0) is 48.5 Å². The lowest BCUT2D eigenvalue weighted by molar-refractivity contribution is -0.384. The van der Waals surface area contributed by atoms with Crippen LogP contribution in [-0.4, -0.2) is 35.6 Å². The molecule has 0 amide bonds. The van der Waals surface area contributed by atoms with Gasteiger partial charge in [-0.1, -0.05) is 66.3 Å². The number of halogens is 1. The van der Waals surface area contributed by atoms with E-state index in [1.807, 2.05) is 42.5 Å². The van der Waals surface area contributed by atoms with E-state index in [0.717, 1.165) is 16.5 Å². The highest BCUT2D eigenvalue weighted by Gasteiger charge is 2.38. The number of rotatable bonds is 4. The van der Waals surface area contributed by atoms with Gasteiger partial charge in [0.05, 0.1) is 21.7 Å². The molecule has 3 N–H and O–H groups in total. The van der Waals surface area contributed by atoms with Crippen LogP contribution in [0.3, 0.4) is 0 Å². The highest BCUT2D eigenvalue weighted by atomic mass is 35.5. The molecule has 6 aromatic rings. The molecule has 1 unspecified atom stereocenters. The van der Waals surface area contributed by atoms with Crippen LogP contribution in [0.25, 0.3) is 22.0 Å². The van der Waals surface area contributed by atoms with Crippen LogP contribution < -0.4 is 4.74 Å². The maximum atomic E-state index is 14.4. The van der Waals surface area contributed by atoms with E-state index in [0.29, 0.717) is 43.3 Å². The second-order valence-electron chi connectivity index (χ2n) is 9.99. The second kappa shape index (κ2) is 10.1. The van der Waals surface area contributed by atoms with Crippen LogP contribution in [0, 0.1) is 26.4 Å². The van der Waals surface area contributed by atoms with E-state index >= 15 is 0 Å². The molecule has 1 atom stereocenters. The van der Waals surface area contributed by atoms with Crippen LogP contribution in [0.2, 0.25) is 5.02 Å². The number of carbonyl (C=O) groups excluding carboxylic acids is 1. The van der Waals surface area contributed by atoms with E-state index in [9.17, 15) is 14.9 Å². The molecule has 0 saturated carbocycles. The summed E-state index contributed by atoms with van der Waals surface area (Å²) in [6.45, 7) is 1.77. The zero-order valence-corrected chi connectivity index (χ0v) is 24.6. The smallest absolute Gasteiger partial charge is 0.298 e. The van der Waals surface area contributed by atoms with E-state index in [1.165, 1.54) is 16.8 Å². The van der Waals surface area contributed by atoms with E-state index in [4.69, 9.17) is 40.8 Å². The number of carbonyl (C=O) groups is 1. The van der Waals surface area contributed by atoms with Gasteiger partial charge in [-0.25, -0.2) is 0 Å². The van der Waals surface area contributed by atoms with Crippen molar-refractivity contribution in [2.24, 2.45) is 0 Å². The van der Waals surface area contributed by atoms with Crippen molar-refractivity contribution >= 4 is 58.5 Å². The normalized spacial score (nSPS) is 13.8. The van der Waals surface area contributed by atoms with Crippen molar-refractivity contribution in [3.05, 3.63) is 125 Å². The number of benzene rings is 3. The van der Waals surface area contributed by atoms with Gasteiger partial charge in [0.25, 0.3) is 11.6 Å². The summed E-state index contributed by atoms with van der Waals surface area (Å²) in [5, 5.41) is 17.3. The number of H-pyrrole nitrogens is 3. The van der Waals surface area contributed by atoms with Crippen molar-refractivity contribution in [2.45, 2.75) is 12.8 Å². The van der Waals surface area contributed by atoms with Crippen molar-refractivity contribution in [2.75, 3.05) is 0 Å². The Morgan fingerprint density at radius 3 is 2.49 bits per heavy atom. The minimum atomic E-state index is -0.563. The van der Waals surface area contributed by atoms with Crippen molar-refractivity contribution in [1.29, 1.82) is 0 Å². The van der Waals surface area contributed by atoms with Gasteiger partial charge in [-0.15, -0.1) is 0 Å². The average molecular weight is 627 g/mol. The van der Waals surface area contributed by atoms with E-state index in [2.05, 4.69) is 20.1 Å². The number of fused-ring (bicyclic) bond motifs is 3. The number of ether oxygens (including phenoxy) is 1. The largest absolute Gasteiger partial charge is 0.422 e. The van der Waals surface area contributed by atoms with E-state index < -0.39 is 16.7 Å². The van der Waals surface area contributed by atoms with Crippen LogP contribution in [0.4, 0.5) is 5.69 Å². The van der Waals surface area contributed by atoms with Gasteiger partial charge < -0.3 is 19.7 Å². The molecule has 0 bridgehead atoms. The molecule has 13 heteroatoms. The molecule has 0 spiro atoms. The van der Waals surface area contributed by atoms with Gasteiger partial charge in [0.2, 0.25) is 11.8 Å². The summed E-state index contributed by atoms with van der Waals surface area (Å²) in [5.74, 6) is -0.585. The number of nitrogens with zero attached hydrogens (tertiary/aromatic N) is 3. The standard InChI is InChI=1S/C30H19ClN6O4S2/c1-14-21-23(16-7-10-18(11-8-16)37(39)40)24-26(33-30(43)34-27(24)42)41-29(21)36(35-14)28(38)25-22(15-5-3-2-4-6-15)19-13-17(31)9-12-20(19)32-25/h2-13,23,32H,1H3,(H2,33,34,42,43). The topological polar surface area (TPSA) is 135 Å². The fraction of sp³-hybridized carbons (Fsp3) is 0.0667. The van der Waals surface area contributed by atoms with Crippen molar-refractivity contribution < 1.29 is 14.5 Å². The molecule has 0 radical (unpaired) electrons. The predicted molar refractivity (Wildman–Crippen MR) is 166 cm³/mol. The zero-order chi connectivity index (χ0) is 30.0. The Kier molecular flexibility index (Phi) is 6.34. The van der Waals surface area contributed by atoms with Crippen LogP contribution in [-0.2, 0) is 0 Å². The van der Waals surface area contributed by atoms with Gasteiger partial charge in [0, 0.05) is 39.5 Å². The average Bonchev–Trinajstić information content (AvgIpc) is 3.53. The number of hydrogen-bond donors (Lipinski definition) is 3. The molecular weight excluding hydrogens is 608 g/mol. The van der Waals surface area contributed by atoms with Gasteiger partial charge >= 0.3 is 0 Å². The van der Waals surface area contributed by atoms with Crippen molar-refractivity contribution in [3.63, 3.8) is 0 Å². The Hall–Kier alpha value is -4.91. The van der Waals surface area contributed by atoms with E-state index in [-0.39, 0.29) is 22.2 Å². The minimum Gasteiger partial charge on any atom is -0.422 e. The Balaban J connectivity index is 1.45. The molecule has 43 heavy (non-hydrogen) atoms. The first kappa shape index (κ1) is 27.0. The molecule has 4 heterocycles. The summed E-state index contributed by atoms with van der Waals surface area (Å²) < 4.78 is 8.11. The number of nitro benzene ring substituents is 1. The second-order valence-corrected chi connectivity index (χ2v) is 11.2. The number of nitro groups is 1. The number of aromatic amines is 3. The van der Waals surface area contributed by atoms with Crippen LogP contribution in [0.5, 0.6) is 11.8 Å². The molecule has 3 aromatic carbocycles. The lowest BCUT2D eigenvalue weighted by Gasteiger charge is -2.26. The van der Waals surface area contributed by atoms with Gasteiger partial charge in [-0.2, -0.15) is 9.78 Å². The summed E-state index contributed by atoms with van der Waals surface area (Å²) in [5.41, 5.74) is 4.87. The minimum absolute atomic E-state index is 0.0520. The van der Waals surface area contributed by atoms with E-state index in [1.54, 1.807) is 25.1 Å². The fourth-order valence-corrected chi connectivity index (χ4v) is 6.35. The van der Waals surface area contributed by atoms with Crippen molar-refractivity contribution in [3.8, 4) is 22.9 Å². The molecule has 7 rings (SSSR count). The number of nitrogens with one attached hydrogen (secondary N) is 3. The lowest BCUT2D eigenvalue weighted by Crippen LogP contribution is -2.20. The molecule has 10 nitrogen and oxygen atoms in total. The lowest BCUT2D eigenvalue weighted by atomic mass is 9.85. The third-order valence-corrected chi connectivity index (χ3v) is 8.21. The number of hydrogen-bond acceptors (Lipinski definition) is 7. The monoisotopic (exact) mass is 626 g/mol. The maximum absolute atomic E-state index is 14.4. The molecule has 0 fully saturated rings. The Labute approximate surface area is 258 Å². The maximum Gasteiger partial charge on any atom is 0.298 e. The molecule has 0 aliphatic carbocycles. The fourth-order valence-electron chi connectivity index (χ4n) is 5.60. The van der Waals surface area contributed by atoms with Gasteiger partial charge in [-0.3, -0.25) is 14.9 Å². The zero-order valence-electron chi connectivity index (χ0n) is 22.2. The molecular formula is C30H19ClN6O4S2. The van der Waals surface area contributed by atoms with Crippen LogP contribution >= 0.6 is 36.0 Å². The first-order chi connectivity index (χ1) is 20.7. The SMILES string of the molecule is Cc1nn(C(=O)c2[nH]c3ccc(Cl)cc3c2-c2ccccc2)c2c1C(c1ccc([N+](=O)[O-])cc1)c1c([nH]c(=S)[nH]c1=S)O2. The first-order valence-electron chi connectivity index (χ1n) is 13.0. The van der Waals surface area contributed by atoms with Crippen LogP contribution in [0.15, 0.2) is 72.8 Å². The summed E-state index contributed by atoms with van der Waals surface area (Å²) >= 11 is 17.3. The molecule has 3 aromatic heterocycles. The third kappa shape index (κ3) is 4.38. The molecule has 1 aliphatic heterocycles. The highest BCUT2D eigenvalue weighted by Crippen LogP contribution is 2.48. The molecule has 1 aliphatic rings.